The summed E-state index contributed by atoms with van der Waals surface area (Å²) in [6.07, 6.45) is 0. The third-order valence-electron chi connectivity index (χ3n) is 9.03. The zero-order chi connectivity index (χ0) is 36.9. The van der Waals surface area contributed by atoms with E-state index in [1.165, 1.54) is 0 Å². The molecule has 2 N–H and O–H groups in total. The van der Waals surface area contributed by atoms with Crippen molar-refractivity contribution in [2.45, 2.75) is 6.92 Å². The maximum atomic E-state index is 12.1. The lowest BCUT2D eigenvalue weighted by atomic mass is 9.93. The smallest absolute Gasteiger partial charge is 0.323 e. The molecule has 0 amide bonds. The van der Waals surface area contributed by atoms with Gasteiger partial charge in [-0.3, -0.25) is 9.59 Å². The van der Waals surface area contributed by atoms with Gasteiger partial charge in [0.1, 0.15) is 63.2 Å². The maximum Gasteiger partial charge on any atom is 0.323 e. The molecule has 6 rings (SSSR count). The SMILES string of the molecule is Cc1ccc2c(c1)OCCOc1cc(-c3c4ccc(=[N+](C)C)cc-4oc4cc(N(C)C)ccc34)ccc1N(CC(=O)O)CCOCCN2CC(=O)O. The number of rotatable bonds is 6. The summed E-state index contributed by atoms with van der Waals surface area (Å²) in [5.41, 5.74) is 6.69. The van der Waals surface area contributed by atoms with Crippen LogP contribution in [0.5, 0.6) is 11.5 Å². The monoisotopic (exact) mass is 709 g/mol. The molecule has 0 unspecified atom stereocenters. The maximum absolute atomic E-state index is 12.1. The summed E-state index contributed by atoms with van der Waals surface area (Å²) in [6.45, 7) is 2.75. The summed E-state index contributed by atoms with van der Waals surface area (Å²) in [7, 11) is 7.96. The molecule has 2 heterocycles. The minimum atomic E-state index is -0.996. The second-order valence-corrected chi connectivity index (χ2v) is 13.2. The molecule has 272 valence electrons. The largest absolute Gasteiger partial charge is 0.488 e. The lowest BCUT2D eigenvalue weighted by Crippen LogP contribution is -2.35. The highest BCUT2D eigenvalue weighted by atomic mass is 16.5. The zero-order valence-electron chi connectivity index (χ0n) is 30.2. The van der Waals surface area contributed by atoms with Crippen LogP contribution in [0.25, 0.3) is 33.4 Å². The van der Waals surface area contributed by atoms with Gasteiger partial charge in [-0.1, -0.05) is 12.1 Å². The van der Waals surface area contributed by atoms with E-state index in [2.05, 4.69) is 24.3 Å². The molecule has 12 heteroatoms. The number of ether oxygens (including phenoxy) is 3. The summed E-state index contributed by atoms with van der Waals surface area (Å²) in [5.74, 6) is -0.210. The van der Waals surface area contributed by atoms with E-state index in [0.29, 0.717) is 29.4 Å². The van der Waals surface area contributed by atoms with Crippen LogP contribution < -0.4 is 34.1 Å². The van der Waals surface area contributed by atoms with Gasteiger partial charge in [0, 0.05) is 61.5 Å². The molecule has 0 bridgehead atoms. The molecule has 12 nitrogen and oxygen atoms in total. The van der Waals surface area contributed by atoms with E-state index in [4.69, 9.17) is 18.6 Å². The predicted molar refractivity (Wildman–Crippen MR) is 202 cm³/mol. The zero-order valence-corrected chi connectivity index (χ0v) is 30.2. The van der Waals surface area contributed by atoms with Crippen LogP contribution >= 0.6 is 0 Å². The first-order chi connectivity index (χ1) is 25.0. The van der Waals surface area contributed by atoms with Crippen molar-refractivity contribution < 1.29 is 38.4 Å². The number of aryl methyl sites for hydroxylation is 1. The van der Waals surface area contributed by atoms with Crippen molar-refractivity contribution in [1.82, 2.24) is 4.58 Å². The van der Waals surface area contributed by atoms with Crippen LogP contribution in [-0.4, -0.2) is 103 Å². The quantitative estimate of drug-likeness (QED) is 0.185. The van der Waals surface area contributed by atoms with Gasteiger partial charge in [0.25, 0.3) is 0 Å². The molecular weight excluding hydrogens is 664 g/mol. The van der Waals surface area contributed by atoms with Crippen molar-refractivity contribution in [1.29, 1.82) is 0 Å². The Kier molecular flexibility index (Phi) is 10.8. The Morgan fingerprint density at radius 2 is 1.40 bits per heavy atom. The molecule has 3 aliphatic rings. The van der Waals surface area contributed by atoms with E-state index >= 15 is 0 Å². The molecule has 0 aromatic heterocycles. The molecule has 3 aromatic rings. The van der Waals surface area contributed by atoms with Gasteiger partial charge >= 0.3 is 11.9 Å². The topological polar surface area (TPSA) is 128 Å². The third kappa shape index (κ3) is 8.07. The summed E-state index contributed by atoms with van der Waals surface area (Å²) in [6, 6.07) is 23.8. The number of carbonyl (C=O) groups is 2. The molecule has 0 saturated carbocycles. The Hall–Kier alpha value is -5.75. The van der Waals surface area contributed by atoms with E-state index in [-0.39, 0.29) is 46.1 Å². The standard InChI is InChI=1S/C40H44N4O8/c1-26-6-12-32-36(20-26)50-18-19-51-37-21-27(7-13-33(37)44(25-39(47)48)15-17-49-16-14-43(32)24-38(45)46)40-30-10-8-28(41(2)3)22-34(30)52-35-23-29(42(4)5)9-11-31(35)40/h6-13,20-23H,14-19,24-25H2,1-5H3,(H-,45,46,47,48)/p+1. The summed E-state index contributed by atoms with van der Waals surface area (Å²) >= 11 is 0. The van der Waals surface area contributed by atoms with Gasteiger partial charge in [-0.15, -0.1) is 0 Å². The average Bonchev–Trinajstić information content (AvgIpc) is 3.10. The molecule has 0 spiro atoms. The molecule has 0 fully saturated rings. The Morgan fingerprint density at radius 1 is 0.769 bits per heavy atom. The van der Waals surface area contributed by atoms with Gasteiger partial charge in [0.15, 0.2) is 0 Å². The highest BCUT2D eigenvalue weighted by molar-refractivity contribution is 6.03. The predicted octanol–water partition coefficient (Wildman–Crippen LogP) is 4.88. The van der Waals surface area contributed by atoms with E-state index in [0.717, 1.165) is 50.0 Å². The van der Waals surface area contributed by atoms with Crippen LogP contribution in [0.15, 0.2) is 77.2 Å². The fourth-order valence-electron chi connectivity index (χ4n) is 6.43. The number of hydrogen-bond donors (Lipinski definition) is 2. The number of benzene rings is 4. The van der Waals surface area contributed by atoms with Crippen molar-refractivity contribution in [3.05, 3.63) is 83.7 Å². The van der Waals surface area contributed by atoms with E-state index in [9.17, 15) is 19.8 Å². The summed E-state index contributed by atoms with van der Waals surface area (Å²) in [5, 5.41) is 21.5. The first kappa shape index (κ1) is 36.1. The van der Waals surface area contributed by atoms with Crippen LogP contribution in [0, 0.1) is 6.92 Å². The van der Waals surface area contributed by atoms with Gasteiger partial charge < -0.3 is 43.5 Å². The first-order valence-electron chi connectivity index (χ1n) is 17.2. The fraction of sp³-hybridized carbons (Fsp3) is 0.325. The van der Waals surface area contributed by atoms with Crippen molar-refractivity contribution in [3.63, 3.8) is 0 Å². The van der Waals surface area contributed by atoms with Crippen LogP contribution in [-0.2, 0) is 14.3 Å². The number of carboxylic acid groups (broad SMARTS) is 2. The summed E-state index contributed by atoms with van der Waals surface area (Å²) in [4.78, 5) is 29.3. The third-order valence-corrected chi connectivity index (χ3v) is 9.03. The highest BCUT2D eigenvalue weighted by Crippen LogP contribution is 2.43. The van der Waals surface area contributed by atoms with E-state index < -0.39 is 11.9 Å². The Bertz CT molecular complexity index is 2140. The lowest BCUT2D eigenvalue weighted by Gasteiger charge is -2.26. The Labute approximate surface area is 302 Å². The van der Waals surface area contributed by atoms with Crippen molar-refractivity contribution >= 4 is 40.0 Å². The Balaban J connectivity index is 1.45. The minimum Gasteiger partial charge on any atom is -0.488 e. The number of hydrogen-bond acceptors (Lipinski definition) is 9. The number of nitrogens with zero attached hydrogens (tertiary/aromatic N) is 4. The normalized spacial score (nSPS) is 14.0. The van der Waals surface area contributed by atoms with Crippen LogP contribution in [0.2, 0.25) is 0 Å². The molecule has 0 atom stereocenters. The van der Waals surface area contributed by atoms with Crippen molar-refractivity contribution in [3.8, 4) is 33.9 Å². The fourth-order valence-corrected chi connectivity index (χ4v) is 6.43. The second kappa shape index (κ2) is 15.6. The van der Waals surface area contributed by atoms with E-state index in [1.807, 2.05) is 93.1 Å². The number of carboxylic acids is 2. The number of fused-ring (bicyclic) bond motifs is 4. The lowest BCUT2D eigenvalue weighted by molar-refractivity contribution is -0.136. The minimum absolute atomic E-state index is 0.143. The molecule has 1 aliphatic carbocycles. The molecular formula is C40H45N4O8+. The highest BCUT2D eigenvalue weighted by Gasteiger charge is 2.23. The van der Waals surface area contributed by atoms with E-state index in [1.54, 1.807) is 9.80 Å². The van der Waals surface area contributed by atoms with Crippen LogP contribution in [0.4, 0.5) is 17.1 Å². The second-order valence-electron chi connectivity index (χ2n) is 13.2. The molecule has 0 saturated heterocycles. The summed E-state index contributed by atoms with van der Waals surface area (Å²) < 4.78 is 27.2. The van der Waals surface area contributed by atoms with Crippen molar-refractivity contribution in [2.75, 3.05) is 95.5 Å². The van der Waals surface area contributed by atoms with Gasteiger partial charge in [-0.2, -0.15) is 0 Å². The van der Waals surface area contributed by atoms with Gasteiger partial charge in [0.05, 0.1) is 30.7 Å². The van der Waals surface area contributed by atoms with Gasteiger partial charge in [-0.25, -0.2) is 4.58 Å². The number of aliphatic carboxylic acids is 2. The van der Waals surface area contributed by atoms with Crippen molar-refractivity contribution in [2.24, 2.45) is 0 Å². The molecule has 3 aromatic carbocycles. The number of anilines is 3. The van der Waals surface area contributed by atoms with Crippen LogP contribution in [0.3, 0.4) is 0 Å². The Morgan fingerprint density at radius 3 is 2.02 bits per heavy atom. The molecule has 0 radical (unpaired) electrons. The molecule has 2 aliphatic heterocycles. The molecule has 52 heavy (non-hydrogen) atoms. The van der Waals surface area contributed by atoms with Gasteiger partial charge in [0.2, 0.25) is 5.36 Å². The van der Waals surface area contributed by atoms with Gasteiger partial charge in [-0.05, 0) is 60.5 Å². The van der Waals surface area contributed by atoms with Crippen LogP contribution in [0.1, 0.15) is 5.56 Å². The average molecular weight is 710 g/mol. The first-order valence-corrected chi connectivity index (χ1v) is 17.2.